The Hall–Kier alpha value is -2.14. The molecule has 1 unspecified atom stereocenters. The average Bonchev–Trinajstić information content (AvgIpc) is 2.84. The molecule has 2 aromatic heterocycles. The molecule has 0 bridgehead atoms. The zero-order valence-corrected chi connectivity index (χ0v) is 13.6. The van der Waals surface area contributed by atoms with Crippen molar-refractivity contribution in [2.75, 3.05) is 13.1 Å². The molecule has 5 heteroatoms. The van der Waals surface area contributed by atoms with Crippen molar-refractivity contribution in [2.45, 2.75) is 31.8 Å². The third kappa shape index (κ3) is 3.79. The lowest BCUT2D eigenvalue weighted by Crippen LogP contribution is -2.41. The summed E-state index contributed by atoms with van der Waals surface area (Å²) in [6.45, 7) is 2.56. The number of carbonyl (C=O) groups is 1. The standard InChI is InChI=1S/C18H24N4O/c1-21-13-5-8-17(21)18(23)22(14-15-6-2-3-11-20-15)16-7-4-10-19-12-9-16/h2-3,5-6,8,11,13,16,19H,4,7,9-10,12,14H2,1H3. The van der Waals surface area contributed by atoms with E-state index < -0.39 is 0 Å². The molecule has 0 radical (unpaired) electrons. The number of pyridine rings is 1. The largest absolute Gasteiger partial charge is 0.347 e. The lowest BCUT2D eigenvalue weighted by atomic mass is 10.1. The molecule has 1 amide bonds. The van der Waals surface area contributed by atoms with Gasteiger partial charge in [-0.25, -0.2) is 0 Å². The molecule has 1 fully saturated rings. The summed E-state index contributed by atoms with van der Waals surface area (Å²) in [5.74, 6) is 0.0926. The van der Waals surface area contributed by atoms with Crippen LogP contribution in [-0.2, 0) is 13.6 Å². The third-order valence-electron chi connectivity index (χ3n) is 4.47. The van der Waals surface area contributed by atoms with Crippen molar-refractivity contribution in [3.8, 4) is 0 Å². The topological polar surface area (TPSA) is 50.2 Å². The SMILES string of the molecule is Cn1cccc1C(=O)N(Cc1ccccn1)C1CCCNCC1. The van der Waals surface area contributed by atoms with Gasteiger partial charge >= 0.3 is 0 Å². The first-order chi connectivity index (χ1) is 11.3. The molecule has 1 atom stereocenters. The lowest BCUT2D eigenvalue weighted by Gasteiger charge is -2.31. The van der Waals surface area contributed by atoms with E-state index in [2.05, 4.69) is 10.3 Å². The molecule has 0 aromatic carbocycles. The molecule has 1 aliphatic rings. The number of amides is 1. The van der Waals surface area contributed by atoms with Gasteiger partial charge in [-0.3, -0.25) is 9.78 Å². The lowest BCUT2D eigenvalue weighted by molar-refractivity contribution is 0.0632. The van der Waals surface area contributed by atoms with E-state index in [1.54, 1.807) is 6.20 Å². The molecule has 1 saturated heterocycles. The maximum atomic E-state index is 13.1. The van der Waals surface area contributed by atoms with Gasteiger partial charge < -0.3 is 14.8 Å². The van der Waals surface area contributed by atoms with Crippen LogP contribution in [0, 0.1) is 0 Å². The van der Waals surface area contributed by atoms with E-state index >= 15 is 0 Å². The van der Waals surface area contributed by atoms with Crippen molar-refractivity contribution in [1.82, 2.24) is 19.8 Å². The molecule has 1 N–H and O–H groups in total. The van der Waals surface area contributed by atoms with E-state index in [4.69, 9.17) is 0 Å². The van der Waals surface area contributed by atoms with Gasteiger partial charge in [0.25, 0.3) is 5.91 Å². The Kier molecular flexibility index (Phi) is 5.08. The highest BCUT2D eigenvalue weighted by molar-refractivity contribution is 5.93. The molecule has 1 aliphatic heterocycles. The summed E-state index contributed by atoms with van der Waals surface area (Å²) >= 11 is 0. The van der Waals surface area contributed by atoms with Gasteiger partial charge in [-0.1, -0.05) is 6.07 Å². The minimum atomic E-state index is 0.0926. The second-order valence-electron chi connectivity index (χ2n) is 6.09. The van der Waals surface area contributed by atoms with Crippen LogP contribution in [0.1, 0.15) is 35.4 Å². The zero-order chi connectivity index (χ0) is 16.1. The van der Waals surface area contributed by atoms with Gasteiger partial charge in [0.15, 0.2) is 0 Å². The van der Waals surface area contributed by atoms with E-state index in [9.17, 15) is 4.79 Å². The molecular weight excluding hydrogens is 288 g/mol. The van der Waals surface area contributed by atoms with E-state index in [1.807, 2.05) is 53.0 Å². The Labute approximate surface area is 137 Å². The smallest absolute Gasteiger partial charge is 0.271 e. The normalized spacial score (nSPS) is 18.4. The minimum Gasteiger partial charge on any atom is -0.347 e. The fourth-order valence-corrected chi connectivity index (χ4v) is 3.18. The predicted molar refractivity (Wildman–Crippen MR) is 90.0 cm³/mol. The second-order valence-corrected chi connectivity index (χ2v) is 6.09. The Bertz CT molecular complexity index is 629. The van der Waals surface area contributed by atoms with E-state index in [1.165, 1.54) is 0 Å². The first-order valence-corrected chi connectivity index (χ1v) is 8.28. The summed E-state index contributed by atoms with van der Waals surface area (Å²) in [7, 11) is 1.92. The van der Waals surface area contributed by atoms with Crippen LogP contribution < -0.4 is 5.32 Å². The van der Waals surface area contributed by atoms with Crippen LogP contribution in [0.5, 0.6) is 0 Å². The van der Waals surface area contributed by atoms with Crippen LogP contribution in [0.15, 0.2) is 42.7 Å². The molecule has 0 aliphatic carbocycles. The molecule has 0 spiro atoms. The monoisotopic (exact) mass is 312 g/mol. The van der Waals surface area contributed by atoms with Gasteiger partial charge in [-0.2, -0.15) is 0 Å². The van der Waals surface area contributed by atoms with Gasteiger partial charge in [0.05, 0.1) is 12.2 Å². The van der Waals surface area contributed by atoms with Gasteiger partial charge in [-0.05, 0) is 56.6 Å². The summed E-state index contributed by atoms with van der Waals surface area (Å²) in [6.07, 6.45) is 6.83. The number of hydrogen-bond donors (Lipinski definition) is 1. The van der Waals surface area contributed by atoms with E-state index in [0.29, 0.717) is 6.54 Å². The van der Waals surface area contributed by atoms with Crippen molar-refractivity contribution in [3.05, 3.63) is 54.1 Å². The number of nitrogens with zero attached hydrogens (tertiary/aromatic N) is 3. The Balaban J connectivity index is 1.86. The quantitative estimate of drug-likeness (QED) is 0.941. The van der Waals surface area contributed by atoms with Crippen LogP contribution in [0.25, 0.3) is 0 Å². The molecule has 5 nitrogen and oxygen atoms in total. The highest BCUT2D eigenvalue weighted by Gasteiger charge is 2.27. The summed E-state index contributed by atoms with van der Waals surface area (Å²) in [5.41, 5.74) is 1.67. The molecule has 0 saturated carbocycles. The van der Waals surface area contributed by atoms with Crippen molar-refractivity contribution in [2.24, 2.45) is 7.05 Å². The number of rotatable bonds is 4. The maximum Gasteiger partial charge on any atom is 0.271 e. The molecule has 3 heterocycles. The van der Waals surface area contributed by atoms with Crippen molar-refractivity contribution in [3.63, 3.8) is 0 Å². The first kappa shape index (κ1) is 15.7. The van der Waals surface area contributed by atoms with Gasteiger partial charge in [0.1, 0.15) is 5.69 Å². The van der Waals surface area contributed by atoms with Crippen LogP contribution in [0.3, 0.4) is 0 Å². The van der Waals surface area contributed by atoms with Crippen molar-refractivity contribution in [1.29, 1.82) is 0 Å². The molecule has 23 heavy (non-hydrogen) atoms. The fourth-order valence-electron chi connectivity index (χ4n) is 3.18. The second kappa shape index (κ2) is 7.42. The number of aryl methyl sites for hydroxylation is 1. The summed E-state index contributed by atoms with van der Waals surface area (Å²) in [6, 6.07) is 9.93. The van der Waals surface area contributed by atoms with E-state index in [0.717, 1.165) is 43.7 Å². The predicted octanol–water partition coefficient (Wildman–Crippen LogP) is 2.20. The minimum absolute atomic E-state index is 0.0926. The molecular formula is C18H24N4O. The molecule has 2 aromatic rings. The van der Waals surface area contributed by atoms with Crippen LogP contribution >= 0.6 is 0 Å². The Morgan fingerprint density at radius 2 is 2.22 bits per heavy atom. The van der Waals surface area contributed by atoms with E-state index in [-0.39, 0.29) is 11.9 Å². The first-order valence-electron chi connectivity index (χ1n) is 8.28. The highest BCUT2D eigenvalue weighted by Crippen LogP contribution is 2.19. The van der Waals surface area contributed by atoms with Crippen LogP contribution in [0.4, 0.5) is 0 Å². The van der Waals surface area contributed by atoms with Gasteiger partial charge in [-0.15, -0.1) is 0 Å². The molecule has 122 valence electrons. The van der Waals surface area contributed by atoms with Gasteiger partial charge in [0, 0.05) is 25.5 Å². The van der Waals surface area contributed by atoms with Crippen LogP contribution in [0.2, 0.25) is 0 Å². The number of nitrogens with one attached hydrogen (secondary N) is 1. The van der Waals surface area contributed by atoms with Crippen LogP contribution in [-0.4, -0.2) is 39.5 Å². The summed E-state index contributed by atoms with van der Waals surface area (Å²) in [5, 5.41) is 3.42. The number of aromatic nitrogens is 2. The maximum absolute atomic E-state index is 13.1. The number of hydrogen-bond acceptors (Lipinski definition) is 3. The average molecular weight is 312 g/mol. The Morgan fingerprint density at radius 1 is 1.30 bits per heavy atom. The highest BCUT2D eigenvalue weighted by atomic mass is 16.2. The van der Waals surface area contributed by atoms with Crippen molar-refractivity contribution < 1.29 is 4.79 Å². The van der Waals surface area contributed by atoms with Gasteiger partial charge in [0.2, 0.25) is 0 Å². The Morgan fingerprint density at radius 3 is 2.96 bits per heavy atom. The summed E-state index contributed by atoms with van der Waals surface area (Å²) < 4.78 is 1.89. The van der Waals surface area contributed by atoms with Crippen molar-refractivity contribution >= 4 is 5.91 Å². The number of carbonyl (C=O) groups excluding carboxylic acids is 1. The summed E-state index contributed by atoms with van der Waals surface area (Å²) in [4.78, 5) is 19.5. The molecule has 3 rings (SSSR count). The third-order valence-corrected chi connectivity index (χ3v) is 4.47. The zero-order valence-electron chi connectivity index (χ0n) is 13.6. The fraction of sp³-hybridized carbons (Fsp3) is 0.444.